The van der Waals surface area contributed by atoms with E-state index in [1.165, 1.54) is 5.56 Å². The number of carbonyl (C=O) groups excluding carboxylic acids is 2. The van der Waals surface area contributed by atoms with Crippen molar-refractivity contribution in [3.63, 3.8) is 0 Å². The molecule has 2 aromatic carbocycles. The topological polar surface area (TPSA) is 84.4 Å². The van der Waals surface area contributed by atoms with Gasteiger partial charge in [-0.2, -0.15) is 0 Å². The number of ether oxygens (including phenoxy) is 1. The van der Waals surface area contributed by atoms with E-state index in [0.29, 0.717) is 17.8 Å². The molecule has 176 valence electrons. The molecule has 1 amide bonds. The van der Waals surface area contributed by atoms with Crippen LogP contribution >= 0.6 is 0 Å². The molecule has 1 unspecified atom stereocenters. The highest BCUT2D eigenvalue weighted by molar-refractivity contribution is 6.06. The molecule has 1 aliphatic heterocycles. The number of nitrogens with one attached hydrogen (secondary N) is 1. The van der Waals surface area contributed by atoms with Crippen LogP contribution in [0.2, 0.25) is 0 Å². The number of rotatable bonds is 6. The summed E-state index contributed by atoms with van der Waals surface area (Å²) in [5.41, 5.74) is 4.79. The van der Waals surface area contributed by atoms with Crippen LogP contribution in [-0.2, 0) is 29.0 Å². The summed E-state index contributed by atoms with van der Waals surface area (Å²) in [4.78, 5) is 37.3. The first-order chi connectivity index (χ1) is 17.1. The van der Waals surface area contributed by atoms with Gasteiger partial charge in [-0.3, -0.25) is 19.7 Å². The lowest BCUT2D eigenvalue weighted by Crippen LogP contribution is -2.34. The molecular weight excluding hydrogens is 440 g/mol. The number of hydrogen-bond donors (Lipinski definition) is 1. The zero-order valence-corrected chi connectivity index (χ0v) is 19.5. The van der Waals surface area contributed by atoms with E-state index in [2.05, 4.69) is 27.3 Å². The van der Waals surface area contributed by atoms with Crippen LogP contribution in [0, 0.1) is 0 Å². The number of anilines is 1. The molecule has 0 saturated heterocycles. The summed E-state index contributed by atoms with van der Waals surface area (Å²) in [5.74, 6) is -0.931. The third-order valence-corrected chi connectivity index (χ3v) is 6.16. The summed E-state index contributed by atoms with van der Waals surface area (Å²) in [6.07, 6.45) is 2.93. The van der Waals surface area contributed by atoms with Gasteiger partial charge in [-0.05, 0) is 30.7 Å². The van der Waals surface area contributed by atoms with Crippen LogP contribution in [0.25, 0.3) is 10.9 Å². The largest absolute Gasteiger partial charge is 0.449 e. The molecule has 4 aromatic rings. The average molecular weight is 467 g/mol. The molecule has 0 fully saturated rings. The Morgan fingerprint density at radius 2 is 1.86 bits per heavy atom. The Kier molecular flexibility index (Phi) is 6.50. The molecule has 35 heavy (non-hydrogen) atoms. The van der Waals surface area contributed by atoms with E-state index in [1.807, 2.05) is 42.5 Å². The summed E-state index contributed by atoms with van der Waals surface area (Å²) in [5, 5.41) is 3.47. The first-order valence-corrected chi connectivity index (χ1v) is 11.7. The van der Waals surface area contributed by atoms with Crippen LogP contribution in [0.5, 0.6) is 0 Å². The summed E-state index contributed by atoms with van der Waals surface area (Å²) >= 11 is 0. The van der Waals surface area contributed by atoms with Gasteiger partial charge < -0.3 is 10.1 Å². The van der Waals surface area contributed by atoms with Crippen molar-refractivity contribution >= 4 is 28.5 Å². The van der Waals surface area contributed by atoms with Gasteiger partial charge in [-0.15, -0.1) is 0 Å². The van der Waals surface area contributed by atoms with Gasteiger partial charge >= 0.3 is 5.97 Å². The Hall–Kier alpha value is -4.10. The molecule has 5 rings (SSSR count). The van der Waals surface area contributed by atoms with Gasteiger partial charge in [0.15, 0.2) is 6.10 Å². The Morgan fingerprint density at radius 1 is 1.06 bits per heavy atom. The number of para-hydroxylation sites is 1. The standard InChI is InChI=1S/C28H26N4O3/c1-19(27(33)30-21-10-7-14-29-16-21)35-28(34)26-22-11-5-6-12-24(22)31-25-13-15-32(18-23(25)26)17-20-8-3-2-4-9-20/h2-12,14,16,19H,13,15,17-18H2,1H3,(H,30,33). The molecule has 7 nitrogen and oxygen atoms in total. The Balaban J connectivity index is 1.42. The van der Waals surface area contributed by atoms with Crippen LogP contribution in [0.3, 0.4) is 0 Å². The van der Waals surface area contributed by atoms with Gasteiger partial charge in [0.2, 0.25) is 0 Å². The van der Waals surface area contributed by atoms with Gasteiger partial charge in [0.05, 0.1) is 23.0 Å². The van der Waals surface area contributed by atoms with Crippen LogP contribution < -0.4 is 5.32 Å². The number of fused-ring (bicyclic) bond motifs is 2. The van der Waals surface area contributed by atoms with Crippen molar-refractivity contribution in [3.05, 3.63) is 102 Å². The molecule has 1 aliphatic rings. The summed E-state index contributed by atoms with van der Waals surface area (Å²) in [7, 11) is 0. The second-order valence-electron chi connectivity index (χ2n) is 8.65. The minimum Gasteiger partial charge on any atom is -0.449 e. The summed E-state index contributed by atoms with van der Waals surface area (Å²) in [6.45, 7) is 3.79. The smallest absolute Gasteiger partial charge is 0.339 e. The lowest BCUT2D eigenvalue weighted by molar-refractivity contribution is -0.123. The number of pyridine rings is 2. The van der Waals surface area contributed by atoms with E-state index >= 15 is 0 Å². The highest BCUT2D eigenvalue weighted by atomic mass is 16.5. The minimum absolute atomic E-state index is 0.413. The average Bonchev–Trinajstić information content (AvgIpc) is 2.88. The maximum atomic E-state index is 13.5. The molecule has 2 aromatic heterocycles. The maximum absolute atomic E-state index is 13.5. The Morgan fingerprint density at radius 3 is 2.66 bits per heavy atom. The normalized spacial score (nSPS) is 14.2. The van der Waals surface area contributed by atoms with Gasteiger partial charge in [0.25, 0.3) is 5.91 Å². The van der Waals surface area contributed by atoms with E-state index in [0.717, 1.165) is 41.7 Å². The molecule has 0 saturated carbocycles. The van der Waals surface area contributed by atoms with Crippen molar-refractivity contribution in [2.75, 3.05) is 11.9 Å². The number of esters is 1. The van der Waals surface area contributed by atoms with E-state index in [4.69, 9.17) is 9.72 Å². The van der Waals surface area contributed by atoms with Crippen LogP contribution in [0.4, 0.5) is 5.69 Å². The Bertz CT molecular complexity index is 1360. The number of amides is 1. The van der Waals surface area contributed by atoms with Gasteiger partial charge in [-0.25, -0.2) is 4.79 Å². The molecule has 0 bridgehead atoms. The van der Waals surface area contributed by atoms with Crippen molar-refractivity contribution in [1.29, 1.82) is 0 Å². The van der Waals surface area contributed by atoms with Crippen molar-refractivity contribution in [2.24, 2.45) is 0 Å². The van der Waals surface area contributed by atoms with Gasteiger partial charge in [-0.1, -0.05) is 48.5 Å². The second-order valence-corrected chi connectivity index (χ2v) is 8.65. The van der Waals surface area contributed by atoms with Gasteiger partial charge in [0, 0.05) is 48.9 Å². The molecular formula is C28H26N4O3. The number of benzene rings is 2. The minimum atomic E-state index is -0.978. The van der Waals surface area contributed by atoms with E-state index in [9.17, 15) is 9.59 Å². The summed E-state index contributed by atoms with van der Waals surface area (Å²) < 4.78 is 5.68. The number of aromatic nitrogens is 2. The molecule has 0 aliphatic carbocycles. The number of carbonyl (C=O) groups is 2. The van der Waals surface area contributed by atoms with E-state index < -0.39 is 18.0 Å². The third kappa shape index (κ3) is 5.05. The molecule has 0 spiro atoms. The third-order valence-electron chi connectivity index (χ3n) is 6.16. The number of nitrogens with zero attached hydrogens (tertiary/aromatic N) is 3. The van der Waals surface area contributed by atoms with E-state index in [-0.39, 0.29) is 0 Å². The van der Waals surface area contributed by atoms with Crippen molar-refractivity contribution in [2.45, 2.75) is 32.5 Å². The number of hydrogen-bond acceptors (Lipinski definition) is 6. The van der Waals surface area contributed by atoms with Crippen LogP contribution in [0.1, 0.15) is 34.1 Å². The Labute approximate surface area is 203 Å². The maximum Gasteiger partial charge on any atom is 0.339 e. The first-order valence-electron chi connectivity index (χ1n) is 11.7. The van der Waals surface area contributed by atoms with Crippen molar-refractivity contribution in [1.82, 2.24) is 14.9 Å². The van der Waals surface area contributed by atoms with Crippen molar-refractivity contribution < 1.29 is 14.3 Å². The zero-order chi connectivity index (χ0) is 24.2. The molecule has 7 heteroatoms. The quantitative estimate of drug-likeness (QED) is 0.425. The SMILES string of the molecule is CC(OC(=O)c1c2c(nc3ccccc13)CCN(Cc1ccccc1)C2)C(=O)Nc1cccnc1. The highest BCUT2D eigenvalue weighted by Crippen LogP contribution is 2.29. The zero-order valence-electron chi connectivity index (χ0n) is 19.5. The molecule has 1 N–H and O–H groups in total. The van der Waals surface area contributed by atoms with Gasteiger partial charge in [0.1, 0.15) is 0 Å². The highest BCUT2D eigenvalue weighted by Gasteiger charge is 2.28. The molecule has 3 heterocycles. The molecule has 1 atom stereocenters. The lowest BCUT2D eigenvalue weighted by atomic mass is 9.95. The predicted molar refractivity (Wildman–Crippen MR) is 134 cm³/mol. The van der Waals surface area contributed by atoms with Crippen molar-refractivity contribution in [3.8, 4) is 0 Å². The molecule has 0 radical (unpaired) electrons. The first kappa shape index (κ1) is 22.7. The summed E-state index contributed by atoms with van der Waals surface area (Å²) in [6, 6.07) is 21.3. The second kappa shape index (κ2) is 10.0. The fraction of sp³-hybridized carbons (Fsp3) is 0.214. The van der Waals surface area contributed by atoms with E-state index in [1.54, 1.807) is 31.5 Å². The fourth-order valence-electron chi connectivity index (χ4n) is 4.41. The predicted octanol–water partition coefficient (Wildman–Crippen LogP) is 4.37. The monoisotopic (exact) mass is 466 g/mol. The fourth-order valence-corrected chi connectivity index (χ4v) is 4.41. The lowest BCUT2D eigenvalue weighted by Gasteiger charge is -2.30. The van der Waals surface area contributed by atoms with Crippen LogP contribution in [0.15, 0.2) is 79.1 Å². The van der Waals surface area contributed by atoms with Crippen LogP contribution in [-0.4, -0.2) is 39.4 Å².